The van der Waals surface area contributed by atoms with Crippen LogP contribution in [0.25, 0.3) is 10.8 Å². The molecule has 0 aliphatic carbocycles. The third kappa shape index (κ3) is 4.52. The lowest BCUT2D eigenvalue weighted by Gasteiger charge is -2.09. The average Bonchev–Trinajstić information content (AvgIpc) is 2.71. The van der Waals surface area contributed by atoms with Gasteiger partial charge in [0.1, 0.15) is 12.2 Å². The summed E-state index contributed by atoms with van der Waals surface area (Å²) in [4.78, 5) is 58.6. The van der Waals surface area contributed by atoms with Gasteiger partial charge >= 0.3 is 5.97 Å². The van der Waals surface area contributed by atoms with Gasteiger partial charge in [0.15, 0.2) is 6.61 Å². The molecule has 0 saturated carbocycles. The quantitative estimate of drug-likeness (QED) is 0.339. The molecule has 0 bridgehead atoms. The van der Waals surface area contributed by atoms with Crippen LogP contribution in [0.15, 0.2) is 52.1 Å². The van der Waals surface area contributed by atoms with Crippen LogP contribution in [0.2, 0.25) is 5.02 Å². The number of hydrogen-bond donors (Lipinski definition) is 2. The number of aromatic nitrogens is 2. The lowest BCUT2D eigenvalue weighted by atomic mass is 10.2. The molecule has 11 nitrogen and oxygen atoms in total. The van der Waals surface area contributed by atoms with E-state index in [2.05, 4.69) is 10.4 Å². The number of nitrogens with one attached hydrogen (secondary N) is 2. The van der Waals surface area contributed by atoms with Crippen molar-refractivity contribution in [3.8, 4) is 0 Å². The fourth-order valence-electron chi connectivity index (χ4n) is 2.63. The van der Waals surface area contributed by atoms with E-state index >= 15 is 0 Å². The van der Waals surface area contributed by atoms with Gasteiger partial charge in [0, 0.05) is 11.1 Å². The Bertz CT molecular complexity index is 1280. The molecule has 0 atom stereocenters. The van der Waals surface area contributed by atoms with Crippen LogP contribution < -0.4 is 16.4 Å². The number of anilines is 1. The molecule has 0 unspecified atom stereocenters. The second-order valence-electron chi connectivity index (χ2n) is 6.01. The van der Waals surface area contributed by atoms with Crippen LogP contribution >= 0.6 is 11.6 Å². The van der Waals surface area contributed by atoms with E-state index in [1.165, 1.54) is 24.3 Å². The number of amides is 1. The summed E-state index contributed by atoms with van der Waals surface area (Å²) in [6.07, 6.45) is 0. The largest absolute Gasteiger partial charge is 0.454 e. The minimum atomic E-state index is -0.969. The first-order chi connectivity index (χ1) is 14.3. The summed E-state index contributed by atoms with van der Waals surface area (Å²) in [5.74, 6) is -1.81. The van der Waals surface area contributed by atoms with Crippen LogP contribution in [0.1, 0.15) is 0 Å². The number of rotatable bonds is 6. The minimum absolute atomic E-state index is 0.112. The highest BCUT2D eigenvalue weighted by Gasteiger charge is 2.18. The van der Waals surface area contributed by atoms with Gasteiger partial charge < -0.3 is 10.1 Å². The van der Waals surface area contributed by atoms with Crippen molar-refractivity contribution < 1.29 is 19.2 Å². The van der Waals surface area contributed by atoms with Crippen molar-refractivity contribution in [2.24, 2.45) is 0 Å². The zero-order chi connectivity index (χ0) is 21.8. The number of nitro benzene ring substituents is 1. The van der Waals surface area contributed by atoms with Crippen LogP contribution in [0.4, 0.5) is 11.4 Å². The van der Waals surface area contributed by atoms with Gasteiger partial charge in [-0.3, -0.25) is 34.4 Å². The molecule has 3 aromatic rings. The third-order valence-corrected chi connectivity index (χ3v) is 4.20. The number of nitro groups is 1. The van der Waals surface area contributed by atoms with Crippen molar-refractivity contribution in [3.63, 3.8) is 0 Å². The van der Waals surface area contributed by atoms with Crippen molar-refractivity contribution in [3.05, 3.63) is 78.3 Å². The predicted octanol–water partition coefficient (Wildman–Crippen LogP) is 1.43. The molecule has 0 aliphatic heterocycles. The second-order valence-corrected chi connectivity index (χ2v) is 6.44. The lowest BCUT2D eigenvalue weighted by Crippen LogP contribution is -2.33. The highest BCUT2D eigenvalue weighted by molar-refractivity contribution is 6.31. The SMILES string of the molecule is O=C(COC(=O)Cn1[nH]c(=O)c2ccccc2c1=O)Nc1ccc(Cl)cc1[N+](=O)[O-]. The van der Waals surface area contributed by atoms with Crippen molar-refractivity contribution in [2.45, 2.75) is 6.54 Å². The smallest absolute Gasteiger partial charge is 0.328 e. The molecule has 3 rings (SSSR count). The van der Waals surface area contributed by atoms with Gasteiger partial charge in [-0.2, -0.15) is 0 Å². The molecule has 0 aliphatic rings. The molecule has 0 saturated heterocycles. The number of ether oxygens (including phenoxy) is 1. The van der Waals surface area contributed by atoms with Gasteiger partial charge in [-0.05, 0) is 24.3 Å². The van der Waals surface area contributed by atoms with Crippen LogP contribution in [-0.2, 0) is 20.9 Å². The average molecular weight is 433 g/mol. The number of fused-ring (bicyclic) bond motifs is 1. The number of hydrogen-bond acceptors (Lipinski definition) is 7. The van der Waals surface area contributed by atoms with Gasteiger partial charge in [-0.1, -0.05) is 23.7 Å². The number of aromatic amines is 1. The molecule has 154 valence electrons. The molecule has 1 aromatic heterocycles. The Balaban J connectivity index is 1.66. The van der Waals surface area contributed by atoms with Crippen molar-refractivity contribution in [1.82, 2.24) is 9.78 Å². The Kier molecular flexibility index (Phi) is 5.93. The molecule has 2 aromatic carbocycles. The number of carbonyl (C=O) groups excluding carboxylic acids is 2. The minimum Gasteiger partial charge on any atom is -0.454 e. The van der Waals surface area contributed by atoms with E-state index < -0.39 is 46.8 Å². The molecule has 0 spiro atoms. The van der Waals surface area contributed by atoms with Crippen molar-refractivity contribution in [1.29, 1.82) is 0 Å². The normalized spacial score (nSPS) is 10.6. The fourth-order valence-corrected chi connectivity index (χ4v) is 2.79. The molecule has 2 N–H and O–H groups in total. The summed E-state index contributed by atoms with van der Waals surface area (Å²) in [6, 6.07) is 9.73. The van der Waals surface area contributed by atoms with Gasteiger partial charge in [0.05, 0.1) is 15.7 Å². The lowest BCUT2D eigenvalue weighted by molar-refractivity contribution is -0.383. The Morgan fingerprint density at radius 1 is 1.17 bits per heavy atom. The van der Waals surface area contributed by atoms with Crippen LogP contribution in [0, 0.1) is 10.1 Å². The fraction of sp³-hybridized carbons (Fsp3) is 0.111. The number of halogens is 1. The third-order valence-electron chi connectivity index (χ3n) is 3.97. The zero-order valence-corrected chi connectivity index (χ0v) is 15.8. The van der Waals surface area contributed by atoms with Crippen LogP contribution in [0.5, 0.6) is 0 Å². The van der Waals surface area contributed by atoms with E-state index in [-0.39, 0.29) is 21.5 Å². The first-order valence-electron chi connectivity index (χ1n) is 8.37. The predicted molar refractivity (Wildman–Crippen MR) is 107 cm³/mol. The summed E-state index contributed by atoms with van der Waals surface area (Å²) in [5, 5.41) is 15.9. The highest BCUT2D eigenvalue weighted by Crippen LogP contribution is 2.27. The number of H-pyrrole nitrogens is 1. The van der Waals surface area contributed by atoms with E-state index in [9.17, 15) is 29.3 Å². The maximum absolute atomic E-state index is 12.4. The topological polar surface area (TPSA) is 153 Å². The number of esters is 1. The van der Waals surface area contributed by atoms with Gasteiger partial charge in [0.25, 0.3) is 22.7 Å². The van der Waals surface area contributed by atoms with Gasteiger partial charge in [0.2, 0.25) is 0 Å². The molecular formula is C18H13ClN4O7. The van der Waals surface area contributed by atoms with Gasteiger partial charge in [-0.15, -0.1) is 0 Å². The monoisotopic (exact) mass is 432 g/mol. The summed E-state index contributed by atoms with van der Waals surface area (Å²) >= 11 is 5.70. The van der Waals surface area contributed by atoms with Gasteiger partial charge in [-0.25, -0.2) is 4.68 Å². The molecule has 1 amide bonds. The van der Waals surface area contributed by atoms with Crippen molar-refractivity contribution >= 4 is 45.6 Å². The summed E-state index contributed by atoms with van der Waals surface area (Å²) < 4.78 is 5.56. The maximum Gasteiger partial charge on any atom is 0.328 e. The zero-order valence-electron chi connectivity index (χ0n) is 15.1. The van der Waals surface area contributed by atoms with Crippen LogP contribution in [0.3, 0.4) is 0 Å². The summed E-state index contributed by atoms with van der Waals surface area (Å²) in [5.41, 5.74) is -1.72. The first kappa shape index (κ1) is 20.7. The summed E-state index contributed by atoms with van der Waals surface area (Å²) in [7, 11) is 0. The standard InChI is InChI=1S/C18H13ClN4O7/c19-10-5-6-13(14(7-10)23(28)29)20-15(24)9-30-16(25)8-22-18(27)12-4-2-1-3-11(12)17(26)21-22/h1-7H,8-9H2,(H,20,24)(H,21,26). The number of nitrogens with zero attached hydrogens (tertiary/aromatic N) is 2. The molecular weight excluding hydrogens is 420 g/mol. The highest BCUT2D eigenvalue weighted by atomic mass is 35.5. The maximum atomic E-state index is 12.4. The molecule has 12 heteroatoms. The van der Waals surface area contributed by atoms with E-state index in [4.69, 9.17) is 16.3 Å². The Morgan fingerprint density at radius 2 is 1.87 bits per heavy atom. The Morgan fingerprint density at radius 3 is 2.57 bits per heavy atom. The molecule has 0 fully saturated rings. The summed E-state index contributed by atoms with van der Waals surface area (Å²) in [6.45, 7) is -1.39. The van der Waals surface area contributed by atoms with Crippen LogP contribution in [-0.4, -0.2) is 33.2 Å². The molecule has 0 radical (unpaired) electrons. The van der Waals surface area contributed by atoms with E-state index in [1.54, 1.807) is 12.1 Å². The molecule has 30 heavy (non-hydrogen) atoms. The van der Waals surface area contributed by atoms with E-state index in [0.717, 1.165) is 10.7 Å². The van der Waals surface area contributed by atoms with E-state index in [0.29, 0.717) is 0 Å². The van der Waals surface area contributed by atoms with E-state index in [1.807, 2.05) is 0 Å². The Labute approximate surface area is 172 Å². The second kappa shape index (κ2) is 8.57. The van der Waals surface area contributed by atoms with Crippen molar-refractivity contribution in [2.75, 3.05) is 11.9 Å². The Hall–Kier alpha value is -3.99. The first-order valence-corrected chi connectivity index (χ1v) is 8.75. The number of benzene rings is 2. The molecule has 1 heterocycles. The number of carbonyl (C=O) groups is 2.